The van der Waals surface area contributed by atoms with E-state index < -0.39 is 11.7 Å². The van der Waals surface area contributed by atoms with E-state index in [0.29, 0.717) is 30.1 Å². The lowest BCUT2D eigenvalue weighted by Crippen LogP contribution is -2.40. The summed E-state index contributed by atoms with van der Waals surface area (Å²) < 4.78 is 18.7. The molecule has 7 heteroatoms. The lowest BCUT2D eigenvalue weighted by Gasteiger charge is -2.34. The Labute approximate surface area is 161 Å². The molecule has 4 rings (SSSR count). The van der Waals surface area contributed by atoms with Gasteiger partial charge in [-0.05, 0) is 48.6 Å². The molecule has 0 saturated carbocycles. The van der Waals surface area contributed by atoms with Crippen LogP contribution < -0.4 is 0 Å². The van der Waals surface area contributed by atoms with Gasteiger partial charge in [0.15, 0.2) is 0 Å². The van der Waals surface area contributed by atoms with Gasteiger partial charge in [0.25, 0.3) is 11.8 Å². The number of hydrogen-bond acceptors (Lipinski definition) is 5. The van der Waals surface area contributed by atoms with Crippen LogP contribution in [-0.2, 0) is 16.1 Å². The molecule has 2 aliphatic rings. The van der Waals surface area contributed by atoms with Gasteiger partial charge in [0.2, 0.25) is 0 Å². The second-order valence-corrected chi connectivity index (χ2v) is 7.14. The third kappa shape index (κ3) is 3.33. The number of aliphatic hydroxyl groups is 1. The predicted octanol–water partition coefficient (Wildman–Crippen LogP) is 2.40. The van der Waals surface area contributed by atoms with Gasteiger partial charge in [0.05, 0.1) is 18.4 Å². The van der Waals surface area contributed by atoms with Gasteiger partial charge in [0.1, 0.15) is 17.3 Å². The van der Waals surface area contributed by atoms with Crippen molar-refractivity contribution in [1.82, 2.24) is 9.80 Å². The van der Waals surface area contributed by atoms with Crippen LogP contribution in [0.15, 0.2) is 52.8 Å². The lowest BCUT2D eigenvalue weighted by atomic mass is 9.97. The standard InChI is InChI=1S/C21H21FN2O4/c22-16-7-5-15(6-8-16)18-19(23-9-1-3-14(11-23)13-25)21(27)24(20(18)26)12-17-4-2-10-28-17/h2,4-8,10,14,25H,1,3,9,11-13H2. The summed E-state index contributed by atoms with van der Waals surface area (Å²) in [5.74, 6) is -0.659. The van der Waals surface area contributed by atoms with Crippen LogP contribution in [0.5, 0.6) is 0 Å². The summed E-state index contributed by atoms with van der Waals surface area (Å²) in [6.07, 6.45) is 3.20. The molecule has 2 amide bonds. The minimum Gasteiger partial charge on any atom is -0.467 e. The summed E-state index contributed by atoms with van der Waals surface area (Å²) >= 11 is 0. The maximum absolute atomic E-state index is 13.4. The number of aliphatic hydroxyl groups excluding tert-OH is 1. The zero-order valence-electron chi connectivity index (χ0n) is 15.3. The zero-order chi connectivity index (χ0) is 19.7. The first kappa shape index (κ1) is 18.4. The molecule has 1 N–H and O–H groups in total. The molecule has 0 bridgehead atoms. The Morgan fingerprint density at radius 1 is 1.14 bits per heavy atom. The molecule has 1 fully saturated rings. The molecule has 28 heavy (non-hydrogen) atoms. The van der Waals surface area contributed by atoms with E-state index >= 15 is 0 Å². The van der Waals surface area contributed by atoms with Crippen molar-refractivity contribution in [2.75, 3.05) is 19.7 Å². The van der Waals surface area contributed by atoms with E-state index in [2.05, 4.69) is 0 Å². The summed E-state index contributed by atoms with van der Waals surface area (Å²) in [6, 6.07) is 8.99. The van der Waals surface area contributed by atoms with E-state index in [4.69, 9.17) is 4.42 Å². The monoisotopic (exact) mass is 384 g/mol. The molecule has 6 nitrogen and oxygen atoms in total. The van der Waals surface area contributed by atoms with Crippen LogP contribution in [0, 0.1) is 11.7 Å². The van der Waals surface area contributed by atoms with E-state index in [-0.39, 0.29) is 30.5 Å². The highest BCUT2D eigenvalue weighted by atomic mass is 19.1. The number of carbonyl (C=O) groups is 2. The highest BCUT2D eigenvalue weighted by molar-refractivity contribution is 6.35. The molecule has 146 valence electrons. The quantitative estimate of drug-likeness (QED) is 0.802. The number of amides is 2. The van der Waals surface area contributed by atoms with Gasteiger partial charge in [-0.25, -0.2) is 4.39 Å². The Balaban J connectivity index is 1.74. The number of benzene rings is 1. The summed E-state index contributed by atoms with van der Waals surface area (Å²) in [5.41, 5.74) is 1.10. The molecule has 1 aromatic carbocycles. The molecule has 1 saturated heterocycles. The van der Waals surface area contributed by atoms with E-state index in [1.54, 1.807) is 12.1 Å². The maximum atomic E-state index is 13.4. The Bertz CT molecular complexity index is 905. The van der Waals surface area contributed by atoms with Crippen LogP contribution in [-0.4, -0.2) is 46.4 Å². The van der Waals surface area contributed by atoms with Crippen molar-refractivity contribution in [2.45, 2.75) is 19.4 Å². The second kappa shape index (κ2) is 7.59. The minimum absolute atomic E-state index is 0.0356. The third-order valence-electron chi connectivity index (χ3n) is 5.26. The average molecular weight is 384 g/mol. The number of likely N-dealkylation sites (tertiary alicyclic amines) is 1. The van der Waals surface area contributed by atoms with E-state index in [9.17, 15) is 19.1 Å². The van der Waals surface area contributed by atoms with Gasteiger partial charge < -0.3 is 14.4 Å². The summed E-state index contributed by atoms with van der Waals surface area (Å²) in [4.78, 5) is 29.4. The summed E-state index contributed by atoms with van der Waals surface area (Å²) in [6.45, 7) is 1.21. The number of imide groups is 1. The van der Waals surface area contributed by atoms with Crippen LogP contribution in [0.4, 0.5) is 4.39 Å². The normalized spacial score (nSPS) is 20.4. The summed E-state index contributed by atoms with van der Waals surface area (Å²) in [5, 5.41) is 9.55. The van der Waals surface area contributed by atoms with Crippen LogP contribution in [0.25, 0.3) is 5.57 Å². The van der Waals surface area contributed by atoms with Gasteiger partial charge in [-0.1, -0.05) is 12.1 Å². The van der Waals surface area contributed by atoms with Crippen molar-refractivity contribution in [2.24, 2.45) is 5.92 Å². The van der Waals surface area contributed by atoms with Gasteiger partial charge >= 0.3 is 0 Å². The molecule has 1 atom stereocenters. The number of carbonyl (C=O) groups excluding carboxylic acids is 2. The topological polar surface area (TPSA) is 74.0 Å². The van der Waals surface area contributed by atoms with E-state index in [0.717, 1.165) is 17.7 Å². The molecule has 2 aliphatic heterocycles. The Morgan fingerprint density at radius 3 is 2.61 bits per heavy atom. The van der Waals surface area contributed by atoms with Crippen molar-refractivity contribution in [3.63, 3.8) is 0 Å². The highest BCUT2D eigenvalue weighted by Crippen LogP contribution is 2.34. The molecule has 2 aromatic rings. The van der Waals surface area contributed by atoms with Crippen LogP contribution >= 0.6 is 0 Å². The van der Waals surface area contributed by atoms with Gasteiger partial charge in [-0.2, -0.15) is 0 Å². The molecule has 0 spiro atoms. The first-order valence-electron chi connectivity index (χ1n) is 9.33. The van der Waals surface area contributed by atoms with Crippen molar-refractivity contribution < 1.29 is 23.5 Å². The molecule has 1 unspecified atom stereocenters. The Kier molecular flexibility index (Phi) is 5.00. The van der Waals surface area contributed by atoms with Crippen molar-refractivity contribution >= 4 is 17.4 Å². The molecular weight excluding hydrogens is 363 g/mol. The zero-order valence-corrected chi connectivity index (χ0v) is 15.3. The number of hydrogen-bond donors (Lipinski definition) is 1. The lowest BCUT2D eigenvalue weighted by molar-refractivity contribution is -0.138. The minimum atomic E-state index is -0.422. The third-order valence-corrected chi connectivity index (χ3v) is 5.26. The fourth-order valence-corrected chi connectivity index (χ4v) is 3.85. The highest BCUT2D eigenvalue weighted by Gasteiger charge is 2.42. The SMILES string of the molecule is O=C1C(c2ccc(F)cc2)=C(N2CCCC(CO)C2)C(=O)N1Cc1ccco1. The van der Waals surface area contributed by atoms with Crippen LogP contribution in [0.1, 0.15) is 24.2 Å². The second-order valence-electron chi connectivity index (χ2n) is 7.14. The molecular formula is C21H21FN2O4. The fraction of sp³-hybridized carbons (Fsp3) is 0.333. The number of halogens is 1. The van der Waals surface area contributed by atoms with E-state index in [1.807, 2.05) is 4.90 Å². The molecule has 0 aliphatic carbocycles. The smallest absolute Gasteiger partial charge is 0.278 e. The Hall–Kier alpha value is -2.93. The van der Waals surface area contributed by atoms with E-state index in [1.165, 1.54) is 30.5 Å². The Morgan fingerprint density at radius 2 is 1.93 bits per heavy atom. The number of nitrogens with zero attached hydrogens (tertiary/aromatic N) is 2. The molecule has 1 aromatic heterocycles. The van der Waals surface area contributed by atoms with Crippen LogP contribution in [0.3, 0.4) is 0 Å². The number of furan rings is 1. The molecule has 3 heterocycles. The van der Waals surface area contributed by atoms with Crippen LogP contribution in [0.2, 0.25) is 0 Å². The van der Waals surface area contributed by atoms with Crippen molar-refractivity contribution in [3.8, 4) is 0 Å². The first-order valence-corrected chi connectivity index (χ1v) is 9.33. The molecule has 0 radical (unpaired) electrons. The van der Waals surface area contributed by atoms with Gasteiger partial charge in [-0.3, -0.25) is 14.5 Å². The van der Waals surface area contributed by atoms with Crippen molar-refractivity contribution in [1.29, 1.82) is 0 Å². The predicted molar refractivity (Wildman–Crippen MR) is 99.0 cm³/mol. The van der Waals surface area contributed by atoms with Gasteiger partial charge in [-0.15, -0.1) is 0 Å². The van der Waals surface area contributed by atoms with Gasteiger partial charge in [0, 0.05) is 19.7 Å². The first-order chi connectivity index (χ1) is 13.6. The largest absolute Gasteiger partial charge is 0.467 e. The summed E-state index contributed by atoms with van der Waals surface area (Å²) in [7, 11) is 0. The number of piperidine rings is 1. The fourth-order valence-electron chi connectivity index (χ4n) is 3.85. The maximum Gasteiger partial charge on any atom is 0.278 e. The van der Waals surface area contributed by atoms with Crippen molar-refractivity contribution in [3.05, 3.63) is 65.5 Å². The average Bonchev–Trinajstić information content (AvgIpc) is 3.31. The number of rotatable bonds is 5.